The monoisotopic (exact) mass is 294 g/mol. The lowest BCUT2D eigenvalue weighted by molar-refractivity contribution is -0.138. The zero-order chi connectivity index (χ0) is 15.4. The molecule has 0 aromatic rings. The van der Waals surface area contributed by atoms with E-state index in [9.17, 15) is 22.0 Å². The first-order chi connectivity index (χ1) is 9.11. The summed E-state index contributed by atoms with van der Waals surface area (Å²) in [6.07, 6.45) is -6.68. The maximum Gasteiger partial charge on any atom is 0.389 e. The highest BCUT2D eigenvalue weighted by Crippen LogP contribution is 2.43. The van der Waals surface area contributed by atoms with Gasteiger partial charge in [-0.05, 0) is 31.6 Å². The molecule has 20 heavy (non-hydrogen) atoms. The van der Waals surface area contributed by atoms with Crippen LogP contribution in [0.1, 0.15) is 44.9 Å². The molecule has 1 saturated carbocycles. The van der Waals surface area contributed by atoms with Gasteiger partial charge in [0.2, 0.25) is 5.92 Å². The van der Waals surface area contributed by atoms with Gasteiger partial charge in [-0.1, -0.05) is 0 Å². The Morgan fingerprint density at radius 3 is 1.90 bits per heavy atom. The Balaban J connectivity index is 2.64. The van der Waals surface area contributed by atoms with Crippen LogP contribution in [0.25, 0.3) is 0 Å². The SMILES string of the molecule is N#CC(C#N)(CCC(F)(F)F)CC1CCC(F)(F)CC1. The van der Waals surface area contributed by atoms with Crippen molar-refractivity contribution in [3.8, 4) is 12.1 Å². The molecule has 0 saturated heterocycles. The van der Waals surface area contributed by atoms with Gasteiger partial charge in [-0.15, -0.1) is 0 Å². The van der Waals surface area contributed by atoms with E-state index in [-0.39, 0.29) is 38.0 Å². The molecule has 112 valence electrons. The van der Waals surface area contributed by atoms with Crippen molar-refractivity contribution in [2.24, 2.45) is 11.3 Å². The van der Waals surface area contributed by atoms with Crippen LogP contribution >= 0.6 is 0 Å². The summed E-state index contributed by atoms with van der Waals surface area (Å²) >= 11 is 0. The first-order valence-electron chi connectivity index (χ1n) is 6.38. The van der Waals surface area contributed by atoms with Gasteiger partial charge in [0.25, 0.3) is 0 Å². The Labute approximate surface area is 114 Å². The van der Waals surface area contributed by atoms with E-state index in [0.717, 1.165) is 0 Å². The van der Waals surface area contributed by atoms with Crippen LogP contribution in [0, 0.1) is 34.0 Å². The fourth-order valence-electron chi connectivity index (χ4n) is 2.48. The van der Waals surface area contributed by atoms with Crippen molar-refractivity contribution >= 4 is 0 Å². The Morgan fingerprint density at radius 1 is 1.00 bits per heavy atom. The van der Waals surface area contributed by atoms with Gasteiger partial charge in [0.1, 0.15) is 5.41 Å². The maximum atomic E-state index is 13.0. The van der Waals surface area contributed by atoms with E-state index in [2.05, 4.69) is 0 Å². The molecule has 1 aliphatic carbocycles. The molecule has 0 aromatic carbocycles. The van der Waals surface area contributed by atoms with Crippen LogP contribution in [0.3, 0.4) is 0 Å². The second-order valence-electron chi connectivity index (χ2n) is 5.42. The van der Waals surface area contributed by atoms with Crippen molar-refractivity contribution in [1.82, 2.24) is 0 Å². The Hall–Kier alpha value is -1.37. The highest BCUT2D eigenvalue weighted by molar-refractivity contribution is 5.14. The normalized spacial score (nSPS) is 20.1. The second kappa shape index (κ2) is 5.95. The molecule has 7 heteroatoms. The standard InChI is InChI=1S/C13H15F5N2/c14-12(15)3-1-10(2-4-12)7-11(8-19,9-20)5-6-13(16,17)18/h10H,1-7H2. The van der Waals surface area contributed by atoms with Crippen LogP contribution < -0.4 is 0 Å². The van der Waals surface area contributed by atoms with Crippen LogP contribution in [-0.2, 0) is 0 Å². The van der Waals surface area contributed by atoms with Crippen molar-refractivity contribution in [3.05, 3.63) is 0 Å². The topological polar surface area (TPSA) is 47.6 Å². The molecule has 0 heterocycles. The Morgan fingerprint density at radius 2 is 1.50 bits per heavy atom. The molecule has 2 nitrogen and oxygen atoms in total. The molecule has 1 fully saturated rings. The molecule has 0 aliphatic heterocycles. The molecule has 0 spiro atoms. The van der Waals surface area contributed by atoms with Gasteiger partial charge in [-0.3, -0.25) is 0 Å². The van der Waals surface area contributed by atoms with Gasteiger partial charge >= 0.3 is 6.18 Å². The van der Waals surface area contributed by atoms with E-state index in [1.54, 1.807) is 12.1 Å². The number of alkyl halides is 5. The van der Waals surface area contributed by atoms with E-state index >= 15 is 0 Å². The lowest BCUT2D eigenvalue weighted by atomic mass is 9.73. The summed E-state index contributed by atoms with van der Waals surface area (Å²) in [6.45, 7) is 0. The first-order valence-corrected chi connectivity index (χ1v) is 6.38. The lowest BCUT2D eigenvalue weighted by Gasteiger charge is -2.31. The number of nitrogens with zero attached hydrogens (tertiary/aromatic N) is 2. The third-order valence-corrected chi connectivity index (χ3v) is 3.74. The summed E-state index contributed by atoms with van der Waals surface area (Å²) in [5.41, 5.74) is -1.73. The average molecular weight is 294 g/mol. The van der Waals surface area contributed by atoms with Crippen LogP contribution in [0.5, 0.6) is 0 Å². The van der Waals surface area contributed by atoms with Crippen LogP contribution in [0.2, 0.25) is 0 Å². The Bertz CT molecular complexity index is 392. The quantitative estimate of drug-likeness (QED) is 0.712. The van der Waals surface area contributed by atoms with Gasteiger partial charge < -0.3 is 0 Å². The highest BCUT2D eigenvalue weighted by atomic mass is 19.4. The predicted molar refractivity (Wildman–Crippen MR) is 60.5 cm³/mol. The molecule has 0 aromatic heterocycles. The number of hydrogen-bond acceptors (Lipinski definition) is 2. The van der Waals surface area contributed by atoms with Gasteiger partial charge in [0.15, 0.2) is 0 Å². The minimum atomic E-state index is -4.43. The van der Waals surface area contributed by atoms with E-state index in [0.29, 0.717) is 0 Å². The van der Waals surface area contributed by atoms with Crippen molar-refractivity contribution in [1.29, 1.82) is 10.5 Å². The fraction of sp³-hybridized carbons (Fsp3) is 0.846. The largest absolute Gasteiger partial charge is 0.389 e. The van der Waals surface area contributed by atoms with E-state index in [1.165, 1.54) is 0 Å². The van der Waals surface area contributed by atoms with Crippen molar-refractivity contribution in [2.45, 2.75) is 57.0 Å². The van der Waals surface area contributed by atoms with Crippen molar-refractivity contribution in [3.63, 3.8) is 0 Å². The van der Waals surface area contributed by atoms with Gasteiger partial charge in [-0.25, -0.2) is 8.78 Å². The van der Waals surface area contributed by atoms with Crippen LogP contribution in [-0.4, -0.2) is 12.1 Å². The lowest BCUT2D eigenvalue weighted by Crippen LogP contribution is -2.29. The molecule has 0 amide bonds. The fourth-order valence-corrected chi connectivity index (χ4v) is 2.48. The predicted octanol–water partition coefficient (Wildman–Crippen LogP) is 4.58. The highest BCUT2D eigenvalue weighted by Gasteiger charge is 2.41. The minimum Gasteiger partial charge on any atom is -0.207 e. The van der Waals surface area contributed by atoms with E-state index < -0.39 is 30.4 Å². The van der Waals surface area contributed by atoms with Gasteiger partial charge in [0.05, 0.1) is 12.1 Å². The molecule has 1 rings (SSSR count). The molecule has 0 unspecified atom stereocenters. The summed E-state index contributed by atoms with van der Waals surface area (Å²) in [4.78, 5) is 0. The molecule has 0 N–H and O–H groups in total. The van der Waals surface area contributed by atoms with Gasteiger partial charge in [-0.2, -0.15) is 23.7 Å². The van der Waals surface area contributed by atoms with E-state index in [1.807, 2.05) is 0 Å². The molecular weight excluding hydrogens is 279 g/mol. The number of halogens is 5. The minimum absolute atomic E-state index is 0.0633. The number of nitriles is 2. The number of rotatable bonds is 4. The Kier molecular flexibility index (Phi) is 4.96. The van der Waals surface area contributed by atoms with E-state index in [4.69, 9.17) is 10.5 Å². The summed E-state index contributed by atoms with van der Waals surface area (Å²) in [6, 6.07) is 3.31. The molecule has 0 bridgehead atoms. The summed E-state index contributed by atoms with van der Waals surface area (Å²) in [5, 5.41) is 18.0. The maximum absolute atomic E-state index is 13.0. The zero-order valence-corrected chi connectivity index (χ0v) is 10.8. The van der Waals surface area contributed by atoms with Crippen molar-refractivity contribution in [2.75, 3.05) is 0 Å². The third kappa shape index (κ3) is 4.96. The second-order valence-corrected chi connectivity index (χ2v) is 5.42. The molecule has 0 radical (unpaired) electrons. The summed E-state index contributed by atoms with van der Waals surface area (Å²) in [5.74, 6) is -3.02. The molecule has 0 atom stereocenters. The average Bonchev–Trinajstić information content (AvgIpc) is 2.36. The zero-order valence-electron chi connectivity index (χ0n) is 10.8. The smallest absolute Gasteiger partial charge is 0.207 e. The summed E-state index contributed by atoms with van der Waals surface area (Å²) < 4.78 is 62.7. The first kappa shape index (κ1) is 16.7. The van der Waals surface area contributed by atoms with Gasteiger partial charge in [0, 0.05) is 19.3 Å². The molecule has 1 aliphatic rings. The third-order valence-electron chi connectivity index (χ3n) is 3.74. The van der Waals surface area contributed by atoms with Crippen LogP contribution in [0.4, 0.5) is 22.0 Å². The van der Waals surface area contributed by atoms with Crippen molar-refractivity contribution < 1.29 is 22.0 Å². The number of hydrogen-bond donors (Lipinski definition) is 0. The molecular formula is C13H15F5N2. The summed E-state index contributed by atoms with van der Waals surface area (Å²) in [7, 11) is 0. The van der Waals surface area contributed by atoms with Crippen LogP contribution in [0.15, 0.2) is 0 Å².